The second kappa shape index (κ2) is 7.19. The van der Waals surface area contributed by atoms with E-state index in [1.807, 2.05) is 42.5 Å². The van der Waals surface area contributed by atoms with Crippen molar-refractivity contribution in [2.24, 2.45) is 0 Å². The average molecular weight is 393 g/mol. The highest BCUT2D eigenvalue weighted by atomic mass is 79.9. The largest absolute Gasteiger partial charge is 0.486 e. The maximum Gasteiger partial charge on any atom is 0.171 e. The number of hydrogen-bond donors (Lipinski definition) is 2. The molecule has 0 bridgehead atoms. The first-order valence-corrected chi connectivity index (χ1v) is 8.54. The van der Waals surface area contributed by atoms with Crippen LogP contribution < -0.4 is 20.1 Å². The van der Waals surface area contributed by atoms with Crippen LogP contribution in [0.2, 0.25) is 0 Å². The molecule has 3 rings (SSSR count). The summed E-state index contributed by atoms with van der Waals surface area (Å²) in [5.74, 6) is 1.58. The van der Waals surface area contributed by atoms with E-state index in [4.69, 9.17) is 21.7 Å². The Kier molecular flexibility index (Phi) is 5.03. The van der Waals surface area contributed by atoms with Crippen molar-refractivity contribution < 1.29 is 9.47 Å². The second-order valence-electron chi connectivity index (χ2n) is 5.23. The normalized spacial score (nSPS) is 14.0. The maximum absolute atomic E-state index is 5.62. The van der Waals surface area contributed by atoms with Gasteiger partial charge in [0.2, 0.25) is 0 Å². The van der Waals surface area contributed by atoms with Crippen molar-refractivity contribution in [3.63, 3.8) is 0 Å². The summed E-state index contributed by atoms with van der Waals surface area (Å²) in [6, 6.07) is 13.9. The third-order valence-corrected chi connectivity index (χ3v) is 4.21. The van der Waals surface area contributed by atoms with Gasteiger partial charge in [-0.15, -0.1) is 0 Å². The van der Waals surface area contributed by atoms with E-state index >= 15 is 0 Å². The molecule has 0 saturated carbocycles. The van der Waals surface area contributed by atoms with E-state index in [9.17, 15) is 0 Å². The van der Waals surface area contributed by atoms with Gasteiger partial charge in [0.05, 0.1) is 6.04 Å². The lowest BCUT2D eigenvalue weighted by molar-refractivity contribution is 0.171. The van der Waals surface area contributed by atoms with Crippen LogP contribution in [-0.4, -0.2) is 18.3 Å². The van der Waals surface area contributed by atoms with Crippen LogP contribution in [0.4, 0.5) is 5.69 Å². The van der Waals surface area contributed by atoms with E-state index in [0.29, 0.717) is 18.3 Å². The quantitative estimate of drug-likeness (QED) is 0.763. The minimum absolute atomic E-state index is 0.0537. The summed E-state index contributed by atoms with van der Waals surface area (Å²) in [6.07, 6.45) is 0. The van der Waals surface area contributed by atoms with E-state index < -0.39 is 0 Å². The van der Waals surface area contributed by atoms with Crippen molar-refractivity contribution in [2.45, 2.75) is 13.0 Å². The summed E-state index contributed by atoms with van der Waals surface area (Å²) in [7, 11) is 0. The topological polar surface area (TPSA) is 42.5 Å². The first-order chi connectivity index (χ1) is 11.1. The van der Waals surface area contributed by atoms with Crippen LogP contribution in [0.3, 0.4) is 0 Å². The molecule has 1 atom stereocenters. The summed E-state index contributed by atoms with van der Waals surface area (Å²) in [5.41, 5.74) is 2.03. The van der Waals surface area contributed by atoms with Gasteiger partial charge in [-0.3, -0.25) is 0 Å². The van der Waals surface area contributed by atoms with E-state index in [0.717, 1.165) is 27.2 Å². The second-order valence-corrected chi connectivity index (χ2v) is 6.56. The van der Waals surface area contributed by atoms with Crippen molar-refractivity contribution >= 4 is 38.9 Å². The third-order valence-electron chi connectivity index (χ3n) is 3.50. The molecular weight excluding hydrogens is 376 g/mol. The summed E-state index contributed by atoms with van der Waals surface area (Å²) in [6.45, 7) is 3.24. The summed E-state index contributed by atoms with van der Waals surface area (Å²) >= 11 is 8.83. The predicted octanol–water partition coefficient (Wildman–Crippen LogP) is 4.27. The number of ether oxygens (including phenoxy) is 2. The van der Waals surface area contributed by atoms with E-state index in [-0.39, 0.29) is 6.04 Å². The van der Waals surface area contributed by atoms with Crippen molar-refractivity contribution in [1.29, 1.82) is 0 Å². The van der Waals surface area contributed by atoms with Crippen molar-refractivity contribution in [2.75, 3.05) is 18.5 Å². The van der Waals surface area contributed by atoms with E-state index in [1.54, 1.807) is 0 Å². The highest BCUT2D eigenvalue weighted by Gasteiger charge is 2.15. The standard InChI is InChI=1S/C17H17BrN2O2S/c1-11(12-5-6-15-16(9-12)22-8-7-21-15)19-17(23)20-14-4-2-3-13(18)10-14/h2-6,9-11H,7-8H2,1H3,(H2,19,20,23)/t11-/m1/s1. The minimum Gasteiger partial charge on any atom is -0.486 e. The lowest BCUT2D eigenvalue weighted by atomic mass is 10.1. The molecule has 2 aromatic rings. The Balaban J connectivity index is 1.64. The lowest BCUT2D eigenvalue weighted by Gasteiger charge is -2.22. The molecule has 0 amide bonds. The van der Waals surface area contributed by atoms with Gasteiger partial charge in [0.1, 0.15) is 13.2 Å². The van der Waals surface area contributed by atoms with Gasteiger partial charge >= 0.3 is 0 Å². The van der Waals surface area contributed by atoms with E-state index in [2.05, 4.69) is 33.5 Å². The average Bonchev–Trinajstić information content (AvgIpc) is 2.54. The molecule has 0 saturated heterocycles. The van der Waals surface area contributed by atoms with Crippen LogP contribution in [0.5, 0.6) is 11.5 Å². The molecular formula is C17H17BrN2O2S. The molecule has 6 heteroatoms. The molecule has 2 aromatic carbocycles. The summed E-state index contributed by atoms with van der Waals surface area (Å²) in [5, 5.41) is 7.03. The van der Waals surface area contributed by atoms with Gasteiger partial charge in [-0.1, -0.05) is 28.1 Å². The van der Waals surface area contributed by atoms with Crippen molar-refractivity contribution in [3.05, 3.63) is 52.5 Å². The first kappa shape index (κ1) is 16.1. The fourth-order valence-corrected chi connectivity index (χ4v) is 3.04. The number of thiocarbonyl (C=S) groups is 1. The number of nitrogens with one attached hydrogen (secondary N) is 2. The molecule has 0 aromatic heterocycles. The lowest BCUT2D eigenvalue weighted by Crippen LogP contribution is -2.31. The van der Waals surface area contributed by atoms with Crippen LogP contribution in [-0.2, 0) is 0 Å². The molecule has 1 heterocycles. The minimum atomic E-state index is 0.0537. The van der Waals surface area contributed by atoms with Gasteiger partial charge < -0.3 is 20.1 Å². The number of benzene rings is 2. The number of anilines is 1. The molecule has 1 aliphatic heterocycles. The highest BCUT2D eigenvalue weighted by Crippen LogP contribution is 2.32. The van der Waals surface area contributed by atoms with E-state index in [1.165, 1.54) is 0 Å². The zero-order chi connectivity index (χ0) is 16.2. The highest BCUT2D eigenvalue weighted by molar-refractivity contribution is 9.10. The number of hydrogen-bond acceptors (Lipinski definition) is 3. The molecule has 23 heavy (non-hydrogen) atoms. The maximum atomic E-state index is 5.62. The van der Waals surface area contributed by atoms with Crippen LogP contribution in [0.15, 0.2) is 46.9 Å². The monoisotopic (exact) mass is 392 g/mol. The molecule has 0 unspecified atom stereocenters. The van der Waals surface area contributed by atoms with Gasteiger partial charge in [0, 0.05) is 10.2 Å². The van der Waals surface area contributed by atoms with Crippen LogP contribution in [0.25, 0.3) is 0 Å². The zero-order valence-electron chi connectivity index (χ0n) is 12.6. The first-order valence-electron chi connectivity index (χ1n) is 7.34. The number of halogens is 1. The third kappa shape index (κ3) is 4.14. The Labute approximate surface area is 149 Å². The molecule has 0 fully saturated rings. The Bertz CT molecular complexity index is 723. The summed E-state index contributed by atoms with van der Waals surface area (Å²) in [4.78, 5) is 0. The zero-order valence-corrected chi connectivity index (χ0v) is 15.0. The summed E-state index contributed by atoms with van der Waals surface area (Å²) < 4.78 is 12.2. The van der Waals surface area contributed by atoms with Crippen molar-refractivity contribution in [3.8, 4) is 11.5 Å². The molecule has 0 spiro atoms. The smallest absolute Gasteiger partial charge is 0.171 e. The van der Waals surface area contributed by atoms with Gasteiger partial charge in [0.15, 0.2) is 16.6 Å². The fraction of sp³-hybridized carbons (Fsp3) is 0.235. The fourth-order valence-electron chi connectivity index (χ4n) is 2.34. The molecule has 0 radical (unpaired) electrons. The Morgan fingerprint density at radius 3 is 2.70 bits per heavy atom. The Morgan fingerprint density at radius 2 is 1.91 bits per heavy atom. The van der Waals surface area contributed by atoms with Crippen molar-refractivity contribution in [1.82, 2.24) is 5.32 Å². The SMILES string of the molecule is C[C@@H](NC(=S)Nc1cccc(Br)c1)c1ccc2c(c1)OCCO2. The molecule has 1 aliphatic rings. The van der Waals surface area contributed by atoms with Crippen LogP contribution in [0.1, 0.15) is 18.5 Å². The Morgan fingerprint density at radius 1 is 1.13 bits per heavy atom. The Hall–Kier alpha value is -1.79. The van der Waals surface area contributed by atoms with Crippen LogP contribution in [0, 0.1) is 0 Å². The number of rotatable bonds is 3. The molecule has 120 valence electrons. The molecule has 2 N–H and O–H groups in total. The predicted molar refractivity (Wildman–Crippen MR) is 99.3 cm³/mol. The number of fused-ring (bicyclic) bond motifs is 1. The van der Waals surface area contributed by atoms with Crippen LogP contribution >= 0.6 is 28.1 Å². The van der Waals surface area contributed by atoms with Gasteiger partial charge in [-0.2, -0.15) is 0 Å². The molecule has 4 nitrogen and oxygen atoms in total. The van der Waals surface area contributed by atoms with Gasteiger partial charge in [-0.05, 0) is 55.0 Å². The van der Waals surface area contributed by atoms with Gasteiger partial charge in [0.25, 0.3) is 0 Å². The molecule has 0 aliphatic carbocycles. The van der Waals surface area contributed by atoms with Gasteiger partial charge in [-0.25, -0.2) is 0 Å².